The minimum absolute atomic E-state index is 0.185. The molecule has 0 spiro atoms. The van der Waals surface area contributed by atoms with Crippen LogP contribution >= 0.6 is 15.9 Å². The van der Waals surface area contributed by atoms with Crippen LogP contribution in [-0.2, 0) is 6.54 Å². The Morgan fingerprint density at radius 3 is 2.75 bits per heavy atom. The highest BCUT2D eigenvalue weighted by atomic mass is 79.9. The zero-order chi connectivity index (χ0) is 14.7. The second-order valence-electron chi connectivity index (χ2n) is 3.99. The number of carbonyl (C=O) groups is 1. The first-order valence-corrected chi connectivity index (χ1v) is 6.47. The number of H-pyrrole nitrogens is 1. The Balaban J connectivity index is 2.35. The summed E-state index contributed by atoms with van der Waals surface area (Å²) in [5.74, 6) is 0.150. The maximum atomic E-state index is 12.2. The molecule has 20 heavy (non-hydrogen) atoms. The van der Waals surface area contributed by atoms with Gasteiger partial charge in [0.2, 0.25) is 0 Å². The number of hydrogen-bond donors (Lipinski definition) is 1. The quantitative estimate of drug-likeness (QED) is 0.849. The summed E-state index contributed by atoms with van der Waals surface area (Å²) in [6.45, 7) is -0.186. The van der Waals surface area contributed by atoms with Gasteiger partial charge in [0, 0.05) is 6.20 Å². The number of benzene rings is 1. The SMILES string of the molecule is COc1ccccc1C(=O)Cn1cc(Br)c(=O)[nH]c1=O. The van der Waals surface area contributed by atoms with Crippen molar-refractivity contribution in [2.24, 2.45) is 0 Å². The van der Waals surface area contributed by atoms with Gasteiger partial charge in [0.05, 0.1) is 23.7 Å². The summed E-state index contributed by atoms with van der Waals surface area (Å²) >= 11 is 3.02. The van der Waals surface area contributed by atoms with Gasteiger partial charge in [0.15, 0.2) is 5.78 Å². The summed E-state index contributed by atoms with van der Waals surface area (Å²) < 4.78 is 6.41. The van der Waals surface area contributed by atoms with E-state index >= 15 is 0 Å². The average molecular weight is 339 g/mol. The first-order chi connectivity index (χ1) is 9.52. The highest BCUT2D eigenvalue weighted by molar-refractivity contribution is 9.10. The van der Waals surface area contributed by atoms with Crippen molar-refractivity contribution in [2.45, 2.75) is 6.54 Å². The zero-order valence-electron chi connectivity index (χ0n) is 10.6. The standard InChI is InChI=1S/C13H11BrN2O4/c1-20-11-5-3-2-4-8(11)10(17)7-16-6-9(14)12(18)15-13(16)19/h2-6H,7H2,1H3,(H,15,18,19). The molecule has 0 saturated heterocycles. The van der Waals surface area contributed by atoms with Gasteiger partial charge >= 0.3 is 5.69 Å². The molecule has 0 unspecified atom stereocenters. The lowest BCUT2D eigenvalue weighted by Gasteiger charge is -2.08. The van der Waals surface area contributed by atoms with Crippen LogP contribution in [0.25, 0.3) is 0 Å². The number of para-hydroxylation sites is 1. The second-order valence-corrected chi connectivity index (χ2v) is 4.84. The molecule has 1 aromatic carbocycles. The number of rotatable bonds is 4. The first kappa shape index (κ1) is 14.3. The van der Waals surface area contributed by atoms with Crippen molar-refractivity contribution in [3.05, 3.63) is 61.3 Å². The molecule has 2 aromatic rings. The molecule has 0 atom stereocenters. The normalized spacial score (nSPS) is 10.3. The third-order valence-electron chi connectivity index (χ3n) is 2.69. The van der Waals surface area contributed by atoms with Crippen molar-refractivity contribution < 1.29 is 9.53 Å². The Bertz CT molecular complexity index is 763. The molecule has 0 amide bonds. The Morgan fingerprint density at radius 2 is 2.05 bits per heavy atom. The minimum Gasteiger partial charge on any atom is -0.496 e. The number of Topliss-reactive ketones (excluding diaryl/α,β-unsaturated/α-hetero) is 1. The van der Waals surface area contributed by atoms with E-state index in [0.29, 0.717) is 11.3 Å². The average Bonchev–Trinajstić information content (AvgIpc) is 2.44. The van der Waals surface area contributed by atoms with E-state index in [-0.39, 0.29) is 16.8 Å². The fraction of sp³-hybridized carbons (Fsp3) is 0.154. The maximum absolute atomic E-state index is 12.2. The van der Waals surface area contributed by atoms with Crippen LogP contribution in [0.2, 0.25) is 0 Å². The molecule has 1 aromatic heterocycles. The van der Waals surface area contributed by atoms with Crippen LogP contribution in [0.4, 0.5) is 0 Å². The summed E-state index contributed by atoms with van der Waals surface area (Å²) in [6, 6.07) is 6.74. The van der Waals surface area contributed by atoms with E-state index in [4.69, 9.17) is 4.74 Å². The van der Waals surface area contributed by atoms with Crippen LogP contribution < -0.4 is 16.0 Å². The van der Waals surface area contributed by atoms with Crippen molar-refractivity contribution in [1.29, 1.82) is 0 Å². The monoisotopic (exact) mass is 338 g/mol. The van der Waals surface area contributed by atoms with Gasteiger partial charge in [-0.15, -0.1) is 0 Å². The number of nitrogens with zero attached hydrogens (tertiary/aromatic N) is 1. The number of nitrogens with one attached hydrogen (secondary N) is 1. The van der Waals surface area contributed by atoms with Gasteiger partial charge in [-0.3, -0.25) is 19.1 Å². The molecular formula is C13H11BrN2O4. The van der Waals surface area contributed by atoms with Crippen molar-refractivity contribution >= 4 is 21.7 Å². The van der Waals surface area contributed by atoms with E-state index in [0.717, 1.165) is 4.57 Å². The molecule has 0 bridgehead atoms. The van der Waals surface area contributed by atoms with E-state index in [2.05, 4.69) is 20.9 Å². The number of methoxy groups -OCH3 is 1. The van der Waals surface area contributed by atoms with Gasteiger partial charge < -0.3 is 4.74 Å². The molecule has 6 nitrogen and oxygen atoms in total. The fourth-order valence-electron chi connectivity index (χ4n) is 1.72. The molecule has 1 N–H and O–H groups in total. The van der Waals surface area contributed by atoms with Crippen molar-refractivity contribution in [2.75, 3.05) is 7.11 Å². The van der Waals surface area contributed by atoms with Gasteiger partial charge in [-0.05, 0) is 28.1 Å². The number of aromatic nitrogens is 2. The number of halogens is 1. The molecule has 1 heterocycles. The van der Waals surface area contributed by atoms with E-state index in [1.807, 2.05) is 0 Å². The maximum Gasteiger partial charge on any atom is 0.328 e. The van der Waals surface area contributed by atoms with Crippen molar-refractivity contribution in [3.63, 3.8) is 0 Å². The predicted octanol–water partition coefficient (Wildman–Crippen LogP) is 1.19. The summed E-state index contributed by atoms with van der Waals surface area (Å²) in [7, 11) is 1.47. The molecule has 0 aliphatic heterocycles. The Labute approximate surface area is 122 Å². The van der Waals surface area contributed by atoms with Gasteiger partial charge in [-0.2, -0.15) is 0 Å². The van der Waals surface area contributed by atoms with Crippen molar-refractivity contribution in [1.82, 2.24) is 9.55 Å². The topological polar surface area (TPSA) is 81.2 Å². The number of ketones is 1. The smallest absolute Gasteiger partial charge is 0.328 e. The lowest BCUT2D eigenvalue weighted by atomic mass is 10.1. The molecule has 0 saturated carbocycles. The summed E-state index contributed by atoms with van der Waals surface area (Å²) in [5.41, 5.74) is -0.790. The molecular weight excluding hydrogens is 328 g/mol. The van der Waals surface area contributed by atoms with Gasteiger partial charge in [0.25, 0.3) is 5.56 Å². The van der Waals surface area contributed by atoms with E-state index < -0.39 is 11.2 Å². The summed E-state index contributed by atoms with van der Waals surface area (Å²) in [4.78, 5) is 37.2. The second kappa shape index (κ2) is 5.87. The van der Waals surface area contributed by atoms with Gasteiger partial charge in [0.1, 0.15) is 5.75 Å². The molecule has 2 rings (SSSR count). The van der Waals surface area contributed by atoms with E-state index in [1.165, 1.54) is 13.3 Å². The first-order valence-electron chi connectivity index (χ1n) is 5.68. The van der Waals surface area contributed by atoms with Crippen LogP contribution in [0, 0.1) is 0 Å². The predicted molar refractivity (Wildman–Crippen MR) is 76.3 cm³/mol. The third-order valence-corrected chi connectivity index (χ3v) is 3.25. The Hall–Kier alpha value is -2.15. The lowest BCUT2D eigenvalue weighted by Crippen LogP contribution is -2.32. The van der Waals surface area contributed by atoms with E-state index in [9.17, 15) is 14.4 Å². The van der Waals surface area contributed by atoms with Crippen LogP contribution in [0.1, 0.15) is 10.4 Å². The minimum atomic E-state index is -0.638. The molecule has 0 fully saturated rings. The highest BCUT2D eigenvalue weighted by Crippen LogP contribution is 2.18. The van der Waals surface area contributed by atoms with Crippen LogP contribution in [-0.4, -0.2) is 22.4 Å². The molecule has 0 radical (unpaired) electrons. The largest absolute Gasteiger partial charge is 0.496 e. The third kappa shape index (κ3) is 2.88. The fourth-order valence-corrected chi connectivity index (χ4v) is 2.06. The van der Waals surface area contributed by atoms with Crippen molar-refractivity contribution in [3.8, 4) is 5.75 Å². The van der Waals surface area contributed by atoms with Gasteiger partial charge in [-0.25, -0.2) is 4.79 Å². The molecule has 0 aliphatic carbocycles. The molecule has 7 heteroatoms. The number of ether oxygens (including phenoxy) is 1. The van der Waals surface area contributed by atoms with Crippen LogP contribution in [0.15, 0.2) is 44.5 Å². The summed E-state index contributed by atoms with van der Waals surface area (Å²) in [5, 5.41) is 0. The van der Waals surface area contributed by atoms with Gasteiger partial charge in [-0.1, -0.05) is 12.1 Å². The number of aromatic amines is 1. The lowest BCUT2D eigenvalue weighted by molar-refractivity contribution is 0.0967. The Kier molecular flexibility index (Phi) is 4.19. The number of hydrogen-bond acceptors (Lipinski definition) is 4. The van der Waals surface area contributed by atoms with Crippen LogP contribution in [0.5, 0.6) is 5.75 Å². The molecule has 104 valence electrons. The van der Waals surface area contributed by atoms with E-state index in [1.54, 1.807) is 24.3 Å². The zero-order valence-corrected chi connectivity index (χ0v) is 12.1. The highest BCUT2D eigenvalue weighted by Gasteiger charge is 2.13. The summed E-state index contributed by atoms with van der Waals surface area (Å²) in [6.07, 6.45) is 1.29. The Morgan fingerprint density at radius 1 is 1.35 bits per heavy atom. The molecule has 0 aliphatic rings. The van der Waals surface area contributed by atoms with Crippen LogP contribution in [0.3, 0.4) is 0 Å². The number of carbonyl (C=O) groups excluding carboxylic acids is 1.